The number of pyridine rings is 1. The van der Waals surface area contributed by atoms with Gasteiger partial charge in [0.1, 0.15) is 5.82 Å². The van der Waals surface area contributed by atoms with Crippen molar-refractivity contribution in [1.82, 2.24) is 4.98 Å². The molecule has 0 radical (unpaired) electrons. The van der Waals surface area contributed by atoms with Gasteiger partial charge in [-0.1, -0.05) is 24.3 Å². The Balaban J connectivity index is 2.07. The van der Waals surface area contributed by atoms with Crippen LogP contribution in [0.1, 0.15) is 30.2 Å². The molecule has 3 heteroatoms. The van der Waals surface area contributed by atoms with Gasteiger partial charge in [-0.25, -0.2) is 4.98 Å². The van der Waals surface area contributed by atoms with Gasteiger partial charge >= 0.3 is 0 Å². The van der Waals surface area contributed by atoms with Crippen molar-refractivity contribution in [3.05, 3.63) is 53.2 Å². The molecule has 0 amide bonds. The fourth-order valence-corrected chi connectivity index (χ4v) is 2.92. The van der Waals surface area contributed by atoms with Crippen molar-refractivity contribution in [1.29, 1.82) is 0 Å². The topological polar surface area (TPSA) is 36.4 Å². The minimum atomic E-state index is 0.0469. The summed E-state index contributed by atoms with van der Waals surface area (Å²) in [6, 6.07) is 13.0. The normalized spacial score (nSPS) is 17.9. The molecule has 1 N–H and O–H groups in total. The summed E-state index contributed by atoms with van der Waals surface area (Å²) in [6.45, 7) is 4.24. The summed E-state index contributed by atoms with van der Waals surface area (Å²) in [5, 5.41) is 9.28. The van der Waals surface area contributed by atoms with E-state index in [1.54, 1.807) is 0 Å². The molecule has 3 rings (SSSR count). The molecule has 0 aliphatic carbocycles. The number of hydrogen-bond donors (Lipinski definition) is 1. The fourth-order valence-electron chi connectivity index (χ4n) is 2.92. The van der Waals surface area contributed by atoms with Crippen LogP contribution in [0.3, 0.4) is 0 Å². The Labute approximate surface area is 119 Å². The van der Waals surface area contributed by atoms with E-state index in [2.05, 4.69) is 41.1 Å². The molecular weight excluding hydrogens is 248 g/mol. The van der Waals surface area contributed by atoms with Crippen molar-refractivity contribution in [2.24, 2.45) is 0 Å². The first kappa shape index (κ1) is 13.1. The molecular formula is C17H20N2O. The third kappa shape index (κ3) is 2.18. The quantitative estimate of drug-likeness (QED) is 0.907. The zero-order valence-electron chi connectivity index (χ0n) is 12.0. The molecule has 1 unspecified atom stereocenters. The van der Waals surface area contributed by atoms with Gasteiger partial charge in [-0.15, -0.1) is 0 Å². The highest BCUT2D eigenvalue weighted by molar-refractivity contribution is 5.66. The molecule has 0 saturated carbocycles. The first-order valence-corrected chi connectivity index (χ1v) is 7.15. The largest absolute Gasteiger partial charge is 0.392 e. The van der Waals surface area contributed by atoms with E-state index in [-0.39, 0.29) is 6.61 Å². The summed E-state index contributed by atoms with van der Waals surface area (Å²) in [6.07, 6.45) is 2.26. The van der Waals surface area contributed by atoms with Gasteiger partial charge < -0.3 is 10.0 Å². The second kappa shape index (κ2) is 5.25. The maximum Gasteiger partial charge on any atom is 0.133 e. The van der Waals surface area contributed by atoms with Crippen molar-refractivity contribution in [3.63, 3.8) is 0 Å². The van der Waals surface area contributed by atoms with Gasteiger partial charge in [0.15, 0.2) is 0 Å². The molecule has 20 heavy (non-hydrogen) atoms. The summed E-state index contributed by atoms with van der Waals surface area (Å²) < 4.78 is 0. The standard InChI is InChI=1S/C17H20N2O/c1-12-7-8-14-5-3-4-6-16(14)19(12)17-10-9-15(11-20)13(2)18-17/h3-6,9-10,12,20H,7-8,11H2,1-2H3. The molecule has 104 valence electrons. The van der Waals surface area contributed by atoms with Crippen LogP contribution in [0.25, 0.3) is 0 Å². The van der Waals surface area contributed by atoms with Gasteiger partial charge in [-0.05, 0) is 49.9 Å². The average molecular weight is 268 g/mol. The number of aliphatic hydroxyl groups is 1. The van der Waals surface area contributed by atoms with E-state index in [4.69, 9.17) is 0 Å². The summed E-state index contributed by atoms with van der Waals surface area (Å²) in [4.78, 5) is 7.00. The lowest BCUT2D eigenvalue weighted by atomic mass is 9.96. The smallest absolute Gasteiger partial charge is 0.133 e. The zero-order valence-corrected chi connectivity index (χ0v) is 12.0. The molecule has 2 heterocycles. The molecule has 1 aromatic heterocycles. The zero-order chi connectivity index (χ0) is 14.1. The monoisotopic (exact) mass is 268 g/mol. The van der Waals surface area contributed by atoms with E-state index in [0.717, 1.165) is 29.9 Å². The van der Waals surface area contributed by atoms with Crippen molar-refractivity contribution in [2.45, 2.75) is 39.3 Å². The lowest BCUT2D eigenvalue weighted by Gasteiger charge is -2.36. The molecule has 1 aromatic carbocycles. The number of aryl methyl sites for hydroxylation is 2. The number of aromatic nitrogens is 1. The number of hydrogen-bond acceptors (Lipinski definition) is 3. The van der Waals surface area contributed by atoms with Crippen LogP contribution >= 0.6 is 0 Å². The summed E-state index contributed by atoms with van der Waals surface area (Å²) in [7, 11) is 0. The summed E-state index contributed by atoms with van der Waals surface area (Å²) in [5.74, 6) is 0.972. The van der Waals surface area contributed by atoms with E-state index >= 15 is 0 Å². The summed E-state index contributed by atoms with van der Waals surface area (Å²) >= 11 is 0. The van der Waals surface area contributed by atoms with Gasteiger partial charge in [-0.2, -0.15) is 0 Å². The van der Waals surface area contributed by atoms with Crippen LogP contribution in [0.2, 0.25) is 0 Å². The molecule has 1 atom stereocenters. The molecule has 1 aliphatic heterocycles. The lowest BCUT2D eigenvalue weighted by Crippen LogP contribution is -2.33. The van der Waals surface area contributed by atoms with Crippen molar-refractivity contribution in [2.75, 3.05) is 4.90 Å². The van der Waals surface area contributed by atoms with E-state index in [1.165, 1.54) is 11.3 Å². The molecule has 1 aliphatic rings. The Hall–Kier alpha value is -1.87. The number of para-hydroxylation sites is 1. The second-order valence-corrected chi connectivity index (χ2v) is 5.46. The van der Waals surface area contributed by atoms with Crippen LogP contribution < -0.4 is 4.90 Å². The number of nitrogens with zero attached hydrogens (tertiary/aromatic N) is 2. The highest BCUT2D eigenvalue weighted by atomic mass is 16.3. The minimum Gasteiger partial charge on any atom is -0.392 e. The third-order valence-electron chi connectivity index (χ3n) is 4.12. The Morgan fingerprint density at radius 3 is 2.80 bits per heavy atom. The average Bonchev–Trinajstić information content (AvgIpc) is 2.47. The Morgan fingerprint density at radius 1 is 1.25 bits per heavy atom. The number of aliphatic hydroxyl groups excluding tert-OH is 1. The maximum absolute atomic E-state index is 9.28. The van der Waals surface area contributed by atoms with Crippen LogP contribution in [0.5, 0.6) is 0 Å². The van der Waals surface area contributed by atoms with E-state index in [0.29, 0.717) is 6.04 Å². The Kier molecular flexibility index (Phi) is 3.45. The van der Waals surface area contributed by atoms with Crippen LogP contribution in [0, 0.1) is 6.92 Å². The summed E-state index contributed by atoms with van der Waals surface area (Å²) in [5.41, 5.74) is 4.44. The van der Waals surface area contributed by atoms with E-state index < -0.39 is 0 Å². The predicted octanol–water partition coefficient (Wildman–Crippen LogP) is 3.36. The first-order chi connectivity index (χ1) is 9.70. The van der Waals surface area contributed by atoms with Gasteiger partial charge in [-0.3, -0.25) is 0 Å². The van der Waals surface area contributed by atoms with E-state index in [9.17, 15) is 5.11 Å². The van der Waals surface area contributed by atoms with Gasteiger partial charge in [0.05, 0.1) is 6.61 Å². The second-order valence-electron chi connectivity index (χ2n) is 5.46. The number of anilines is 2. The molecule has 0 bridgehead atoms. The minimum absolute atomic E-state index is 0.0469. The van der Waals surface area contributed by atoms with Gasteiger partial charge in [0, 0.05) is 17.4 Å². The molecule has 2 aromatic rings. The molecule has 0 spiro atoms. The fraction of sp³-hybridized carbons (Fsp3) is 0.353. The van der Waals surface area contributed by atoms with Gasteiger partial charge in [0.25, 0.3) is 0 Å². The number of benzene rings is 1. The molecule has 0 saturated heterocycles. The van der Waals surface area contributed by atoms with Crippen molar-refractivity contribution in [3.8, 4) is 0 Å². The highest BCUT2D eigenvalue weighted by Crippen LogP contribution is 2.35. The Bertz CT molecular complexity index is 624. The number of rotatable bonds is 2. The van der Waals surface area contributed by atoms with Crippen molar-refractivity contribution >= 4 is 11.5 Å². The Morgan fingerprint density at radius 2 is 2.05 bits per heavy atom. The first-order valence-electron chi connectivity index (χ1n) is 7.15. The SMILES string of the molecule is Cc1nc(N2c3ccccc3CCC2C)ccc1CO. The van der Waals surface area contributed by atoms with Crippen LogP contribution in [-0.4, -0.2) is 16.1 Å². The molecule has 0 fully saturated rings. The maximum atomic E-state index is 9.28. The van der Waals surface area contributed by atoms with E-state index in [1.807, 2.05) is 19.1 Å². The lowest BCUT2D eigenvalue weighted by molar-refractivity contribution is 0.280. The van der Waals surface area contributed by atoms with Crippen molar-refractivity contribution < 1.29 is 5.11 Å². The van der Waals surface area contributed by atoms with Crippen LogP contribution in [0.4, 0.5) is 11.5 Å². The highest BCUT2D eigenvalue weighted by Gasteiger charge is 2.25. The van der Waals surface area contributed by atoms with Crippen LogP contribution in [-0.2, 0) is 13.0 Å². The number of fused-ring (bicyclic) bond motifs is 1. The molecule has 3 nitrogen and oxygen atoms in total. The third-order valence-corrected chi connectivity index (χ3v) is 4.12. The van der Waals surface area contributed by atoms with Crippen LogP contribution in [0.15, 0.2) is 36.4 Å². The van der Waals surface area contributed by atoms with Gasteiger partial charge in [0.2, 0.25) is 0 Å². The predicted molar refractivity (Wildman–Crippen MR) is 81.3 cm³/mol.